The maximum Gasteiger partial charge on any atom is 0.269 e. The quantitative estimate of drug-likeness (QED) is 0.378. The average Bonchev–Trinajstić information content (AvgIpc) is 3.07. The standard InChI is InChI=1S/C18H16N4O2S3/c1-12(15(23)19-20-16(24)13-8-4-2-5-9-13)26-17-21-22(18(25)27-17)14-10-6-3-7-11-14/h2-12H,1H3,(H,19,23)(H,20,24)/t12-/m1/s1. The molecule has 0 aliphatic carbocycles. The summed E-state index contributed by atoms with van der Waals surface area (Å²) in [6.07, 6.45) is 0. The molecule has 3 aromatic rings. The van der Waals surface area contributed by atoms with Gasteiger partial charge in [-0.15, -0.1) is 5.10 Å². The fourth-order valence-electron chi connectivity index (χ4n) is 2.13. The fourth-order valence-corrected chi connectivity index (χ4v) is 4.63. The van der Waals surface area contributed by atoms with Crippen molar-refractivity contribution in [2.75, 3.05) is 0 Å². The van der Waals surface area contributed by atoms with Crippen LogP contribution in [0.1, 0.15) is 17.3 Å². The molecule has 0 unspecified atom stereocenters. The van der Waals surface area contributed by atoms with Gasteiger partial charge in [-0.1, -0.05) is 59.5 Å². The van der Waals surface area contributed by atoms with Crippen LogP contribution < -0.4 is 10.9 Å². The predicted octanol–water partition coefficient (Wildman–Crippen LogP) is 3.61. The zero-order chi connectivity index (χ0) is 19.2. The molecule has 0 spiro atoms. The summed E-state index contributed by atoms with van der Waals surface area (Å²) in [4.78, 5) is 24.2. The molecule has 3 rings (SSSR count). The third-order valence-corrected chi connectivity index (χ3v) is 5.93. The normalized spacial score (nSPS) is 11.6. The van der Waals surface area contributed by atoms with Crippen LogP contribution in [0.2, 0.25) is 0 Å². The zero-order valence-electron chi connectivity index (χ0n) is 14.3. The molecular formula is C18H16N4O2S3. The van der Waals surface area contributed by atoms with Crippen LogP contribution in [0.25, 0.3) is 5.69 Å². The number of hydrogen-bond donors (Lipinski definition) is 2. The lowest BCUT2D eigenvalue weighted by molar-refractivity contribution is -0.121. The Labute approximate surface area is 169 Å². The van der Waals surface area contributed by atoms with Gasteiger partial charge in [0.2, 0.25) is 0 Å². The van der Waals surface area contributed by atoms with Crippen molar-refractivity contribution in [1.29, 1.82) is 0 Å². The number of para-hydroxylation sites is 1. The van der Waals surface area contributed by atoms with Crippen molar-refractivity contribution < 1.29 is 9.59 Å². The summed E-state index contributed by atoms with van der Waals surface area (Å²) in [7, 11) is 0. The first-order chi connectivity index (χ1) is 13.0. The van der Waals surface area contributed by atoms with E-state index >= 15 is 0 Å². The lowest BCUT2D eigenvalue weighted by Crippen LogP contribution is -2.44. The number of hydrazine groups is 1. The van der Waals surface area contributed by atoms with Gasteiger partial charge in [0, 0.05) is 5.56 Å². The van der Waals surface area contributed by atoms with E-state index in [1.807, 2.05) is 36.4 Å². The molecule has 0 radical (unpaired) electrons. The van der Waals surface area contributed by atoms with Gasteiger partial charge in [0.15, 0.2) is 8.29 Å². The molecule has 6 nitrogen and oxygen atoms in total. The minimum atomic E-state index is -0.453. The molecule has 0 aliphatic heterocycles. The van der Waals surface area contributed by atoms with E-state index in [0.29, 0.717) is 13.9 Å². The Hall–Kier alpha value is -2.49. The maximum absolute atomic E-state index is 12.2. The van der Waals surface area contributed by atoms with E-state index in [0.717, 1.165) is 5.69 Å². The Balaban J connectivity index is 1.59. The van der Waals surface area contributed by atoms with Crippen LogP contribution in [0.4, 0.5) is 0 Å². The Morgan fingerprint density at radius 1 is 1.07 bits per heavy atom. The summed E-state index contributed by atoms with van der Waals surface area (Å²) in [6.45, 7) is 1.74. The highest BCUT2D eigenvalue weighted by molar-refractivity contribution is 8.02. The molecular weight excluding hydrogens is 400 g/mol. The minimum Gasteiger partial charge on any atom is -0.272 e. The number of amides is 2. The van der Waals surface area contributed by atoms with Crippen molar-refractivity contribution in [3.05, 3.63) is 70.2 Å². The highest BCUT2D eigenvalue weighted by Crippen LogP contribution is 2.27. The summed E-state index contributed by atoms with van der Waals surface area (Å²) < 4.78 is 2.96. The number of rotatable bonds is 5. The van der Waals surface area contributed by atoms with Gasteiger partial charge < -0.3 is 0 Å². The first-order valence-corrected chi connectivity index (χ1v) is 10.1. The van der Waals surface area contributed by atoms with E-state index in [4.69, 9.17) is 12.2 Å². The van der Waals surface area contributed by atoms with E-state index in [1.165, 1.54) is 23.1 Å². The van der Waals surface area contributed by atoms with Crippen molar-refractivity contribution in [3.63, 3.8) is 0 Å². The Morgan fingerprint density at radius 2 is 1.70 bits per heavy atom. The smallest absolute Gasteiger partial charge is 0.269 e. The van der Waals surface area contributed by atoms with E-state index in [9.17, 15) is 9.59 Å². The molecule has 27 heavy (non-hydrogen) atoms. The second-order valence-corrected chi connectivity index (χ2v) is 8.66. The molecule has 0 bridgehead atoms. The summed E-state index contributed by atoms with van der Waals surface area (Å²) in [6, 6.07) is 18.2. The number of nitrogens with one attached hydrogen (secondary N) is 2. The van der Waals surface area contributed by atoms with Crippen LogP contribution in [0.3, 0.4) is 0 Å². The van der Waals surface area contributed by atoms with Crippen molar-refractivity contribution >= 4 is 47.1 Å². The van der Waals surface area contributed by atoms with Crippen LogP contribution in [0.5, 0.6) is 0 Å². The van der Waals surface area contributed by atoms with E-state index in [-0.39, 0.29) is 11.8 Å². The van der Waals surface area contributed by atoms with Crippen molar-refractivity contribution in [2.45, 2.75) is 16.5 Å². The van der Waals surface area contributed by atoms with E-state index in [2.05, 4.69) is 16.0 Å². The lowest BCUT2D eigenvalue weighted by Gasteiger charge is -2.11. The van der Waals surface area contributed by atoms with E-state index in [1.54, 1.807) is 35.9 Å². The fraction of sp³-hybridized carbons (Fsp3) is 0.111. The van der Waals surface area contributed by atoms with Crippen molar-refractivity contribution in [2.24, 2.45) is 0 Å². The van der Waals surface area contributed by atoms with Gasteiger partial charge >= 0.3 is 0 Å². The van der Waals surface area contributed by atoms with Gasteiger partial charge in [0.1, 0.15) is 0 Å². The van der Waals surface area contributed by atoms with Gasteiger partial charge in [-0.25, -0.2) is 4.68 Å². The molecule has 2 N–H and O–H groups in total. The zero-order valence-corrected chi connectivity index (χ0v) is 16.7. The van der Waals surface area contributed by atoms with Crippen LogP contribution in [-0.2, 0) is 4.79 Å². The molecule has 9 heteroatoms. The number of thioether (sulfide) groups is 1. The molecule has 1 aromatic heterocycles. The van der Waals surface area contributed by atoms with Crippen molar-refractivity contribution in [3.8, 4) is 5.69 Å². The number of hydrogen-bond acceptors (Lipinski definition) is 6. The summed E-state index contributed by atoms with van der Waals surface area (Å²) >= 11 is 7.98. The lowest BCUT2D eigenvalue weighted by atomic mass is 10.2. The van der Waals surface area contributed by atoms with Gasteiger partial charge in [-0.05, 0) is 43.4 Å². The van der Waals surface area contributed by atoms with Crippen molar-refractivity contribution in [1.82, 2.24) is 20.6 Å². The molecule has 0 aliphatic rings. The highest BCUT2D eigenvalue weighted by Gasteiger charge is 2.18. The predicted molar refractivity (Wildman–Crippen MR) is 110 cm³/mol. The molecule has 0 fully saturated rings. The molecule has 2 amide bonds. The first kappa shape index (κ1) is 19.3. The molecule has 2 aromatic carbocycles. The molecule has 0 saturated heterocycles. The Bertz CT molecular complexity index is 987. The largest absolute Gasteiger partial charge is 0.272 e. The van der Waals surface area contributed by atoms with Crippen LogP contribution in [-0.4, -0.2) is 26.8 Å². The number of carbonyl (C=O) groups excluding carboxylic acids is 2. The SMILES string of the molecule is C[C@@H](Sc1nn(-c2ccccc2)c(=S)s1)C(=O)NNC(=O)c1ccccc1. The second-order valence-electron chi connectivity index (χ2n) is 5.45. The van der Waals surface area contributed by atoms with Gasteiger partial charge in [0.25, 0.3) is 11.8 Å². The van der Waals surface area contributed by atoms with E-state index < -0.39 is 5.25 Å². The third kappa shape index (κ3) is 5.03. The summed E-state index contributed by atoms with van der Waals surface area (Å²) in [5.41, 5.74) is 6.20. The Kier molecular flexibility index (Phi) is 6.38. The molecule has 138 valence electrons. The highest BCUT2D eigenvalue weighted by atomic mass is 32.2. The first-order valence-electron chi connectivity index (χ1n) is 8.02. The monoisotopic (exact) mass is 416 g/mol. The number of aromatic nitrogens is 2. The molecule has 0 saturated carbocycles. The van der Waals surface area contributed by atoms with Crippen LogP contribution >= 0.6 is 35.3 Å². The number of nitrogens with zero attached hydrogens (tertiary/aromatic N) is 2. The topological polar surface area (TPSA) is 76.0 Å². The Morgan fingerprint density at radius 3 is 2.37 bits per heavy atom. The summed E-state index contributed by atoms with van der Waals surface area (Å²) in [5, 5.41) is 4.02. The minimum absolute atomic E-state index is 0.323. The molecule has 1 heterocycles. The number of benzene rings is 2. The van der Waals surface area contributed by atoms with Crippen LogP contribution in [0, 0.1) is 3.95 Å². The van der Waals surface area contributed by atoms with Gasteiger partial charge in [0.05, 0.1) is 10.9 Å². The number of carbonyl (C=O) groups is 2. The van der Waals surface area contributed by atoms with Crippen LogP contribution in [0.15, 0.2) is 65.0 Å². The van der Waals surface area contributed by atoms with Gasteiger partial charge in [-0.3, -0.25) is 20.4 Å². The third-order valence-electron chi connectivity index (χ3n) is 3.51. The maximum atomic E-state index is 12.2. The molecule has 1 atom stereocenters. The summed E-state index contributed by atoms with van der Waals surface area (Å²) in [5.74, 6) is -0.693. The second kappa shape index (κ2) is 8.94. The average molecular weight is 417 g/mol. The van der Waals surface area contributed by atoms with Gasteiger partial charge in [-0.2, -0.15) is 0 Å².